The van der Waals surface area contributed by atoms with E-state index in [0.29, 0.717) is 55.7 Å². The van der Waals surface area contributed by atoms with Crippen molar-refractivity contribution in [3.8, 4) is 78.6 Å². The molecule has 4 nitrogen and oxygen atoms in total. The molecule has 7 aromatic carbocycles. The van der Waals surface area contributed by atoms with E-state index in [0.717, 1.165) is 11.1 Å². The van der Waals surface area contributed by atoms with Gasteiger partial charge in [-0.1, -0.05) is 153 Å². The minimum atomic E-state index is -3.42. The van der Waals surface area contributed by atoms with E-state index in [2.05, 4.69) is 6.07 Å². The van der Waals surface area contributed by atoms with Gasteiger partial charge in [0.1, 0.15) is 11.6 Å². The van der Waals surface area contributed by atoms with Gasteiger partial charge in [0.25, 0.3) is 0 Å². The van der Waals surface area contributed by atoms with Crippen LogP contribution in [0, 0.1) is 19.8 Å². The van der Waals surface area contributed by atoms with Gasteiger partial charge in [-0.3, -0.25) is 9.55 Å². The second-order valence-electron chi connectivity index (χ2n) is 14.1. The number of hydrogen-bond acceptors (Lipinski definition) is 3. The number of aromatic hydroxyl groups is 1. The molecule has 0 aliphatic carbocycles. The fourth-order valence-electron chi connectivity index (χ4n) is 7.34. The van der Waals surface area contributed by atoms with Gasteiger partial charge in [-0.25, -0.2) is 4.98 Å². The quantitative estimate of drug-likeness (QED) is 0.162. The molecule has 2 aromatic heterocycles. The Labute approximate surface area is 382 Å². The Kier molecular flexibility index (Phi) is 6.89. The van der Waals surface area contributed by atoms with E-state index in [4.69, 9.17) is 30.5 Å². The Hall–Kier alpha value is -6.35. The number of hydrogen-bond donors (Lipinski definition) is 1. The van der Waals surface area contributed by atoms with Gasteiger partial charge in [0.15, 0.2) is 0 Å². The van der Waals surface area contributed by atoms with Gasteiger partial charge >= 0.3 is 0 Å². The van der Waals surface area contributed by atoms with Gasteiger partial charge < -0.3 is 5.11 Å². The first kappa shape index (κ1) is 25.2. The van der Waals surface area contributed by atoms with Gasteiger partial charge in [0, 0.05) is 59.2 Å². The van der Waals surface area contributed by atoms with Crippen molar-refractivity contribution in [2.24, 2.45) is 0 Å². The molecule has 0 saturated heterocycles. The van der Waals surface area contributed by atoms with Crippen molar-refractivity contribution in [2.45, 2.75) is 39.7 Å². The number of para-hydroxylation sites is 2. The standard InChI is InChI=1S/C54H44N3O.Pt/c1-35-29-45(34-48(36(35)2)39-17-10-7-11-18-39)57-50-21-14-20-46(52(50)56-53(57)47-19-12-13-22-51(47)58)42-30-41(37-15-8-6-9-16-37)31-43(32-42)49-33-40(27-28-55-49)38-23-25-44(26-24-38)54(3,4)5;/h6-31,33-34,58H,1-5H3;/q-1;/i1D3,2D3,3D3,4D3,5D3;. The van der Waals surface area contributed by atoms with Crippen LogP contribution < -0.4 is 0 Å². The van der Waals surface area contributed by atoms with Crippen molar-refractivity contribution >= 4 is 11.0 Å². The molecule has 0 spiro atoms. The van der Waals surface area contributed by atoms with Crippen molar-refractivity contribution in [1.29, 1.82) is 0 Å². The van der Waals surface area contributed by atoms with E-state index in [1.807, 2.05) is 54.6 Å². The summed E-state index contributed by atoms with van der Waals surface area (Å²) < 4.78 is 127. The minimum absolute atomic E-state index is 0. The molecule has 5 heteroatoms. The van der Waals surface area contributed by atoms with Crippen LogP contribution >= 0.6 is 0 Å². The summed E-state index contributed by atoms with van der Waals surface area (Å²) in [5.74, 6) is 0.136. The van der Waals surface area contributed by atoms with Crippen molar-refractivity contribution in [3.63, 3.8) is 0 Å². The van der Waals surface area contributed by atoms with Crippen LogP contribution in [0.3, 0.4) is 0 Å². The summed E-state index contributed by atoms with van der Waals surface area (Å²) in [6.45, 7) is -15.9. The zero-order valence-electron chi connectivity index (χ0n) is 46.3. The maximum Gasteiger partial charge on any atom is 0.148 e. The Balaban J connectivity index is 0.00000729. The zero-order valence-corrected chi connectivity index (χ0v) is 33.5. The van der Waals surface area contributed by atoms with Gasteiger partial charge in [-0.05, 0) is 100 Å². The smallest absolute Gasteiger partial charge is 0.148 e. The molecule has 59 heavy (non-hydrogen) atoms. The average molecular weight is 961 g/mol. The third-order valence-electron chi connectivity index (χ3n) is 10.2. The summed E-state index contributed by atoms with van der Waals surface area (Å²) in [6, 6.07) is 49.8. The molecule has 2 heterocycles. The van der Waals surface area contributed by atoms with E-state index in [9.17, 15) is 5.11 Å². The molecule has 0 saturated carbocycles. The Bertz CT molecular complexity index is 3470. The van der Waals surface area contributed by atoms with E-state index in [-0.39, 0.29) is 60.6 Å². The predicted molar refractivity (Wildman–Crippen MR) is 240 cm³/mol. The van der Waals surface area contributed by atoms with Crippen LogP contribution in [0.15, 0.2) is 170 Å². The largest absolute Gasteiger partial charge is 0.507 e. The number of imidazole rings is 1. The first-order valence-corrected chi connectivity index (χ1v) is 18.5. The van der Waals surface area contributed by atoms with Gasteiger partial charge in [-0.2, -0.15) is 0 Å². The summed E-state index contributed by atoms with van der Waals surface area (Å²) in [4.78, 5) is 9.93. The fraction of sp³-hybridized carbons (Fsp3) is 0.111. The van der Waals surface area contributed by atoms with Crippen molar-refractivity contribution in [1.82, 2.24) is 14.5 Å². The Morgan fingerprint density at radius 2 is 1.29 bits per heavy atom. The number of aryl methyl sites for hydroxylation is 1. The monoisotopic (exact) mass is 960 g/mol. The molecule has 0 fully saturated rings. The third kappa shape index (κ3) is 7.69. The maximum atomic E-state index is 11.4. The number of benzene rings is 7. The van der Waals surface area contributed by atoms with Crippen LogP contribution in [-0.4, -0.2) is 19.6 Å². The number of nitrogens with zero attached hydrogens (tertiary/aromatic N) is 3. The molecular formula is C54H44N3OPt-. The number of fused-ring (bicyclic) bond motifs is 1. The predicted octanol–water partition coefficient (Wildman–Crippen LogP) is 13.8. The first-order valence-electron chi connectivity index (χ1n) is 26.0. The first-order chi connectivity index (χ1) is 34.3. The van der Waals surface area contributed by atoms with E-state index in [1.54, 1.807) is 83.6 Å². The normalized spacial score (nSPS) is 16.2. The Morgan fingerprint density at radius 1 is 0.593 bits per heavy atom. The van der Waals surface area contributed by atoms with Gasteiger partial charge in [-0.15, -0.1) is 23.8 Å². The zero-order chi connectivity index (χ0) is 52.5. The summed E-state index contributed by atoms with van der Waals surface area (Å²) in [5.41, 5.74) is 2.99. The topological polar surface area (TPSA) is 50.9 Å². The minimum Gasteiger partial charge on any atom is -0.507 e. The Morgan fingerprint density at radius 3 is 2.02 bits per heavy atom. The second kappa shape index (κ2) is 16.1. The molecule has 0 radical (unpaired) electrons. The molecule has 0 bridgehead atoms. The van der Waals surface area contributed by atoms with Gasteiger partial charge in [0.05, 0.1) is 16.6 Å². The molecule has 0 aliphatic heterocycles. The molecule has 0 amide bonds. The van der Waals surface area contributed by atoms with Crippen LogP contribution in [0.2, 0.25) is 0 Å². The van der Waals surface area contributed by atoms with Crippen molar-refractivity contribution < 1.29 is 46.7 Å². The molecule has 292 valence electrons. The summed E-state index contributed by atoms with van der Waals surface area (Å²) in [7, 11) is 0. The summed E-state index contributed by atoms with van der Waals surface area (Å²) >= 11 is 0. The van der Waals surface area contributed by atoms with Crippen LogP contribution in [-0.2, 0) is 26.5 Å². The molecule has 0 aliphatic rings. The van der Waals surface area contributed by atoms with Crippen LogP contribution in [0.5, 0.6) is 5.75 Å². The molecule has 0 atom stereocenters. The van der Waals surface area contributed by atoms with Crippen molar-refractivity contribution in [2.75, 3.05) is 0 Å². The van der Waals surface area contributed by atoms with Crippen LogP contribution in [0.1, 0.15) is 57.8 Å². The summed E-state index contributed by atoms with van der Waals surface area (Å²) in [6.07, 6.45) is 1.58. The average Bonchev–Trinajstić information content (AvgIpc) is 3.72. The summed E-state index contributed by atoms with van der Waals surface area (Å²) in [5, 5.41) is 11.4. The SMILES string of the molecule is [2H]C([2H])([2H])c1cc(-n2c(-c3ccccc3O)nc3c(-c4[c-]c(-c5cc(-c6ccc(C(C([2H])([2H])[2H])(C([2H])([2H])[2H])C([2H])([2H])[2H])cc6)ccn5)cc(-c5ccccc5)c4)cccc32)cc(-c2ccccc2)c1C([2H])([2H])[2H].[Pt]. The van der Waals surface area contributed by atoms with Crippen molar-refractivity contribution in [3.05, 3.63) is 193 Å². The number of phenols is 1. The van der Waals surface area contributed by atoms with E-state index >= 15 is 0 Å². The van der Waals surface area contributed by atoms with Crippen LogP contribution in [0.25, 0.3) is 83.9 Å². The molecule has 9 rings (SSSR count). The third-order valence-corrected chi connectivity index (χ3v) is 10.2. The van der Waals surface area contributed by atoms with E-state index in [1.165, 1.54) is 36.4 Å². The number of phenolic OH excluding ortho intramolecular Hbond substituents is 1. The number of aromatic nitrogens is 3. The van der Waals surface area contributed by atoms with Crippen LogP contribution in [0.4, 0.5) is 0 Å². The fourth-order valence-corrected chi connectivity index (χ4v) is 7.34. The maximum absolute atomic E-state index is 11.4. The second-order valence-corrected chi connectivity index (χ2v) is 14.1. The number of pyridine rings is 1. The molecule has 1 N–H and O–H groups in total. The molecule has 0 unspecified atom stereocenters. The number of rotatable bonds is 7. The van der Waals surface area contributed by atoms with Gasteiger partial charge in [0.2, 0.25) is 0 Å². The molecule has 9 aromatic rings. The van der Waals surface area contributed by atoms with E-state index < -0.39 is 39.7 Å². The molecular weight excluding hydrogens is 902 g/mol.